The zero-order valence-corrected chi connectivity index (χ0v) is 17.9. The molecule has 5 aromatic rings. The summed E-state index contributed by atoms with van der Waals surface area (Å²) in [6.07, 6.45) is 5.43. The van der Waals surface area contributed by atoms with E-state index in [1.165, 1.54) is 0 Å². The molecule has 0 atom stereocenters. The molecule has 0 radical (unpaired) electrons. The molecule has 0 aliphatic carbocycles. The van der Waals surface area contributed by atoms with E-state index in [4.69, 9.17) is 5.73 Å². The van der Waals surface area contributed by atoms with Gasteiger partial charge in [0, 0.05) is 36.4 Å². The molecule has 4 heterocycles. The molecule has 8 nitrogen and oxygen atoms in total. The summed E-state index contributed by atoms with van der Waals surface area (Å²) in [4.78, 5) is 22.1. The van der Waals surface area contributed by atoms with Gasteiger partial charge in [0.2, 0.25) is 0 Å². The normalized spacial score (nSPS) is 11.8. The molecule has 4 aromatic heterocycles. The van der Waals surface area contributed by atoms with Crippen LogP contribution in [-0.2, 0) is 7.05 Å². The zero-order chi connectivity index (χ0) is 21.9. The van der Waals surface area contributed by atoms with E-state index in [1.807, 2.05) is 36.0 Å². The van der Waals surface area contributed by atoms with Crippen molar-refractivity contribution in [2.45, 2.75) is 26.8 Å². The summed E-state index contributed by atoms with van der Waals surface area (Å²) in [5.74, 6) is 0.475. The zero-order valence-electron chi connectivity index (χ0n) is 17.9. The lowest BCUT2D eigenvalue weighted by Crippen LogP contribution is -2.21. The van der Waals surface area contributed by atoms with E-state index in [2.05, 4.69) is 35.0 Å². The van der Waals surface area contributed by atoms with Crippen LogP contribution in [0.25, 0.3) is 38.8 Å². The minimum atomic E-state index is -0.129. The average molecular weight is 413 g/mol. The average Bonchev–Trinajstić information content (AvgIpc) is 3.26. The van der Waals surface area contributed by atoms with E-state index in [9.17, 15) is 4.79 Å². The smallest absolute Gasteiger partial charge is 0.333 e. The van der Waals surface area contributed by atoms with Crippen molar-refractivity contribution in [1.29, 1.82) is 0 Å². The molecule has 5 rings (SSSR count). The quantitative estimate of drug-likeness (QED) is 0.487. The maximum Gasteiger partial charge on any atom is 0.333 e. The van der Waals surface area contributed by atoms with Crippen LogP contribution in [-0.4, -0.2) is 28.9 Å². The van der Waals surface area contributed by atoms with Crippen LogP contribution in [0.4, 0.5) is 5.82 Å². The number of aryl methyl sites for hydroxylation is 2. The molecule has 156 valence electrons. The van der Waals surface area contributed by atoms with Crippen molar-refractivity contribution < 1.29 is 0 Å². The number of pyridine rings is 2. The minimum absolute atomic E-state index is 0.129. The fourth-order valence-corrected chi connectivity index (χ4v) is 3.93. The largest absolute Gasteiger partial charge is 0.384 e. The van der Waals surface area contributed by atoms with Crippen LogP contribution in [0.5, 0.6) is 0 Å². The lowest BCUT2D eigenvalue weighted by molar-refractivity contribution is 0.529. The Labute approximate surface area is 178 Å². The second kappa shape index (κ2) is 6.80. The summed E-state index contributed by atoms with van der Waals surface area (Å²) in [5, 5.41) is 5.50. The molecule has 0 spiro atoms. The van der Waals surface area contributed by atoms with Gasteiger partial charge in [-0.1, -0.05) is 6.07 Å². The summed E-state index contributed by atoms with van der Waals surface area (Å²) in [7, 11) is 1.77. The molecule has 0 aliphatic rings. The molecule has 1 aromatic carbocycles. The van der Waals surface area contributed by atoms with Gasteiger partial charge in [-0.05, 0) is 50.6 Å². The Morgan fingerprint density at radius 1 is 1.03 bits per heavy atom. The van der Waals surface area contributed by atoms with Gasteiger partial charge in [0.15, 0.2) is 0 Å². The third-order valence-corrected chi connectivity index (χ3v) is 5.66. The predicted octanol–water partition coefficient (Wildman–Crippen LogP) is 3.61. The van der Waals surface area contributed by atoms with E-state index in [0.717, 1.165) is 44.4 Å². The van der Waals surface area contributed by atoms with Crippen LogP contribution in [0.2, 0.25) is 0 Å². The van der Waals surface area contributed by atoms with Gasteiger partial charge in [-0.2, -0.15) is 5.10 Å². The molecule has 0 amide bonds. The number of nitrogen functional groups attached to an aromatic ring is 1. The van der Waals surface area contributed by atoms with Gasteiger partial charge in [0.25, 0.3) is 0 Å². The number of fused-ring (bicyclic) bond motifs is 3. The van der Waals surface area contributed by atoms with Gasteiger partial charge in [0.1, 0.15) is 5.82 Å². The fourth-order valence-electron chi connectivity index (χ4n) is 3.93. The van der Waals surface area contributed by atoms with E-state index in [1.54, 1.807) is 34.6 Å². The molecule has 0 unspecified atom stereocenters. The molecule has 0 saturated carbocycles. The Kier molecular flexibility index (Phi) is 4.18. The van der Waals surface area contributed by atoms with E-state index in [0.29, 0.717) is 5.82 Å². The number of benzene rings is 1. The summed E-state index contributed by atoms with van der Waals surface area (Å²) in [6, 6.07) is 9.93. The highest BCUT2D eigenvalue weighted by Crippen LogP contribution is 2.30. The van der Waals surface area contributed by atoms with Crippen LogP contribution >= 0.6 is 0 Å². The number of hydrogen-bond donors (Lipinski definition) is 1. The number of nitrogens with zero attached hydrogens (tertiary/aromatic N) is 6. The summed E-state index contributed by atoms with van der Waals surface area (Å²) in [6.45, 7) is 6.05. The summed E-state index contributed by atoms with van der Waals surface area (Å²) in [5.41, 5.74) is 11.5. The first kappa shape index (κ1) is 19.0. The SMILES string of the molecule is Cc1nn(C(C)C)cc1-n1c(=O)n(C)c2cnc3ccc(-c4ccc(N)nc4)cc3c21. The number of hydrogen-bond acceptors (Lipinski definition) is 5. The molecule has 8 heteroatoms. The molecule has 0 bridgehead atoms. The van der Waals surface area contributed by atoms with Gasteiger partial charge >= 0.3 is 5.69 Å². The number of rotatable bonds is 3. The molecule has 31 heavy (non-hydrogen) atoms. The molecular formula is C23H23N7O. The van der Waals surface area contributed by atoms with Crippen molar-refractivity contribution in [3.63, 3.8) is 0 Å². The number of anilines is 1. The van der Waals surface area contributed by atoms with Crippen LogP contribution in [0, 0.1) is 6.92 Å². The second-order valence-corrected chi connectivity index (χ2v) is 8.05. The van der Waals surface area contributed by atoms with Gasteiger partial charge in [0.05, 0.1) is 34.1 Å². The Balaban J connectivity index is 1.85. The maximum absolute atomic E-state index is 13.3. The highest BCUT2D eigenvalue weighted by atomic mass is 16.1. The van der Waals surface area contributed by atoms with Crippen molar-refractivity contribution >= 4 is 27.8 Å². The Hall–Kier alpha value is -3.94. The van der Waals surface area contributed by atoms with Crippen molar-refractivity contribution in [3.05, 3.63) is 65.1 Å². The van der Waals surface area contributed by atoms with Crippen LogP contribution in [0.3, 0.4) is 0 Å². The molecule has 0 fully saturated rings. The van der Waals surface area contributed by atoms with E-state index in [-0.39, 0.29) is 11.7 Å². The third-order valence-electron chi connectivity index (χ3n) is 5.66. The summed E-state index contributed by atoms with van der Waals surface area (Å²) >= 11 is 0. The monoisotopic (exact) mass is 413 g/mol. The lowest BCUT2D eigenvalue weighted by Gasteiger charge is -2.08. The summed E-state index contributed by atoms with van der Waals surface area (Å²) < 4.78 is 5.25. The van der Waals surface area contributed by atoms with Gasteiger partial charge in [-0.15, -0.1) is 0 Å². The minimum Gasteiger partial charge on any atom is -0.384 e. The highest BCUT2D eigenvalue weighted by Gasteiger charge is 2.20. The first-order chi connectivity index (χ1) is 14.8. The van der Waals surface area contributed by atoms with Crippen molar-refractivity contribution in [3.8, 4) is 16.8 Å². The molecule has 0 saturated heterocycles. The Morgan fingerprint density at radius 3 is 2.48 bits per heavy atom. The van der Waals surface area contributed by atoms with Crippen molar-refractivity contribution in [2.24, 2.45) is 7.05 Å². The molecular weight excluding hydrogens is 390 g/mol. The van der Waals surface area contributed by atoms with Crippen LogP contribution < -0.4 is 11.4 Å². The molecule has 0 aliphatic heterocycles. The van der Waals surface area contributed by atoms with Crippen molar-refractivity contribution in [1.82, 2.24) is 28.9 Å². The van der Waals surface area contributed by atoms with E-state index < -0.39 is 0 Å². The number of aromatic nitrogens is 6. The highest BCUT2D eigenvalue weighted by molar-refractivity contribution is 6.04. The Morgan fingerprint density at radius 2 is 1.81 bits per heavy atom. The number of imidazole rings is 1. The Bertz CT molecular complexity index is 1500. The third kappa shape index (κ3) is 2.91. The topological polar surface area (TPSA) is 96.5 Å². The fraction of sp³-hybridized carbons (Fsp3) is 0.217. The first-order valence-corrected chi connectivity index (χ1v) is 10.1. The molecule has 2 N–H and O–H groups in total. The van der Waals surface area contributed by atoms with Crippen LogP contribution in [0.15, 0.2) is 53.7 Å². The predicted molar refractivity (Wildman–Crippen MR) is 122 cm³/mol. The van der Waals surface area contributed by atoms with Gasteiger partial charge in [-0.3, -0.25) is 18.8 Å². The standard InChI is InChI=1S/C23H23N7O/c1-13(2)29-12-20(14(3)27-29)30-22-17-9-15(16-6-8-21(24)26-10-16)5-7-18(17)25-11-19(22)28(4)23(30)31/h5-13H,1-4H3,(H2,24,26). The van der Waals surface area contributed by atoms with E-state index >= 15 is 0 Å². The maximum atomic E-state index is 13.3. The number of nitrogens with two attached hydrogens (primary N) is 1. The lowest BCUT2D eigenvalue weighted by atomic mass is 10.0. The first-order valence-electron chi connectivity index (χ1n) is 10.1. The van der Waals surface area contributed by atoms with Gasteiger partial charge in [-0.25, -0.2) is 9.78 Å². The van der Waals surface area contributed by atoms with Crippen molar-refractivity contribution in [2.75, 3.05) is 5.73 Å². The second-order valence-electron chi connectivity index (χ2n) is 8.05. The van der Waals surface area contributed by atoms with Gasteiger partial charge < -0.3 is 5.73 Å². The van der Waals surface area contributed by atoms with Crippen LogP contribution in [0.1, 0.15) is 25.6 Å².